The number of hydrogen-bond acceptors (Lipinski definition) is 5. The molecule has 1 saturated heterocycles. The smallest absolute Gasteiger partial charge is 0.410 e. The molecule has 0 aliphatic carbocycles. The molecule has 0 N–H and O–H groups in total. The second kappa shape index (κ2) is 7.25. The first-order valence-corrected chi connectivity index (χ1v) is 8.76. The average molecular weight is 343 g/mol. The summed E-state index contributed by atoms with van der Waals surface area (Å²) in [4.78, 5) is 18.4. The van der Waals surface area contributed by atoms with E-state index in [-0.39, 0.29) is 6.09 Å². The van der Waals surface area contributed by atoms with E-state index >= 15 is 0 Å². The van der Waals surface area contributed by atoms with E-state index in [1.165, 1.54) is 0 Å². The number of ether oxygens (including phenoxy) is 1. The van der Waals surface area contributed by atoms with E-state index in [1.807, 2.05) is 51.1 Å². The molecule has 0 unspecified atom stereocenters. The first kappa shape index (κ1) is 17.5. The van der Waals surface area contributed by atoms with Crippen LogP contribution >= 0.6 is 0 Å². The van der Waals surface area contributed by atoms with Gasteiger partial charge in [0.2, 0.25) is 11.7 Å². The number of piperidine rings is 1. The molecule has 1 aliphatic rings. The molecule has 0 saturated carbocycles. The number of amides is 1. The van der Waals surface area contributed by atoms with Gasteiger partial charge in [0.1, 0.15) is 5.60 Å². The Hall–Kier alpha value is -2.37. The highest BCUT2D eigenvalue weighted by molar-refractivity contribution is 5.68. The van der Waals surface area contributed by atoms with Crippen LogP contribution in [0.2, 0.25) is 0 Å². The Morgan fingerprint density at radius 1 is 1.24 bits per heavy atom. The van der Waals surface area contributed by atoms with Crippen molar-refractivity contribution >= 4 is 6.09 Å². The molecule has 1 aliphatic heterocycles. The van der Waals surface area contributed by atoms with Crippen molar-refractivity contribution in [2.75, 3.05) is 13.1 Å². The topological polar surface area (TPSA) is 68.5 Å². The maximum absolute atomic E-state index is 12.1. The molecule has 1 aromatic heterocycles. The zero-order valence-electron chi connectivity index (χ0n) is 15.1. The van der Waals surface area contributed by atoms with Gasteiger partial charge in [-0.25, -0.2) is 4.79 Å². The van der Waals surface area contributed by atoms with Gasteiger partial charge in [0.15, 0.2) is 0 Å². The molecule has 1 amide bonds. The number of carbonyl (C=O) groups is 1. The van der Waals surface area contributed by atoms with Crippen LogP contribution in [-0.2, 0) is 11.2 Å². The summed E-state index contributed by atoms with van der Waals surface area (Å²) in [6.07, 6.45) is 2.36. The van der Waals surface area contributed by atoms with Crippen molar-refractivity contribution in [2.45, 2.75) is 45.6 Å². The van der Waals surface area contributed by atoms with Crippen LogP contribution in [0.25, 0.3) is 11.4 Å². The molecular weight excluding hydrogens is 318 g/mol. The largest absolute Gasteiger partial charge is 0.444 e. The van der Waals surface area contributed by atoms with E-state index in [4.69, 9.17) is 9.26 Å². The van der Waals surface area contributed by atoms with Gasteiger partial charge in [-0.1, -0.05) is 35.5 Å². The van der Waals surface area contributed by atoms with Gasteiger partial charge >= 0.3 is 6.09 Å². The van der Waals surface area contributed by atoms with Gasteiger partial charge in [-0.3, -0.25) is 0 Å². The molecule has 2 heterocycles. The van der Waals surface area contributed by atoms with Crippen molar-refractivity contribution in [3.63, 3.8) is 0 Å². The summed E-state index contributed by atoms with van der Waals surface area (Å²) in [5.74, 6) is 1.74. The maximum atomic E-state index is 12.1. The fraction of sp³-hybridized carbons (Fsp3) is 0.526. The second-order valence-corrected chi connectivity index (χ2v) is 7.49. The quantitative estimate of drug-likeness (QED) is 0.845. The van der Waals surface area contributed by atoms with Crippen LogP contribution in [-0.4, -0.2) is 39.8 Å². The number of aromatic nitrogens is 2. The van der Waals surface area contributed by atoms with Crippen LogP contribution in [0.3, 0.4) is 0 Å². The maximum Gasteiger partial charge on any atom is 0.410 e. The minimum absolute atomic E-state index is 0.227. The number of hydrogen-bond donors (Lipinski definition) is 0. The zero-order valence-corrected chi connectivity index (χ0v) is 15.1. The van der Waals surface area contributed by atoms with Crippen molar-refractivity contribution in [3.05, 3.63) is 36.2 Å². The lowest BCUT2D eigenvalue weighted by Gasteiger charge is -2.33. The molecule has 0 atom stereocenters. The van der Waals surface area contributed by atoms with Crippen molar-refractivity contribution in [1.82, 2.24) is 15.0 Å². The van der Waals surface area contributed by atoms with Crippen molar-refractivity contribution in [1.29, 1.82) is 0 Å². The second-order valence-electron chi connectivity index (χ2n) is 7.49. The van der Waals surface area contributed by atoms with E-state index in [0.717, 1.165) is 24.8 Å². The average Bonchev–Trinajstić information content (AvgIpc) is 3.03. The number of rotatable bonds is 3. The summed E-state index contributed by atoms with van der Waals surface area (Å²) in [7, 11) is 0. The van der Waals surface area contributed by atoms with Crippen molar-refractivity contribution < 1.29 is 14.1 Å². The number of nitrogens with zero attached hydrogens (tertiary/aromatic N) is 3. The predicted octanol–water partition coefficient (Wildman–Crippen LogP) is 3.93. The summed E-state index contributed by atoms with van der Waals surface area (Å²) < 4.78 is 10.8. The van der Waals surface area contributed by atoms with Crippen molar-refractivity contribution in [3.8, 4) is 11.4 Å². The summed E-state index contributed by atoms with van der Waals surface area (Å²) in [5, 5.41) is 4.06. The van der Waals surface area contributed by atoms with Crippen LogP contribution in [0, 0.1) is 5.92 Å². The summed E-state index contributed by atoms with van der Waals surface area (Å²) in [6.45, 7) is 7.07. The molecule has 0 bridgehead atoms. The van der Waals surface area contributed by atoms with Gasteiger partial charge in [-0.15, -0.1) is 0 Å². The van der Waals surface area contributed by atoms with Gasteiger partial charge in [0, 0.05) is 25.1 Å². The third kappa shape index (κ3) is 4.81. The van der Waals surface area contributed by atoms with E-state index in [0.29, 0.717) is 30.7 Å². The normalized spacial score (nSPS) is 16.0. The molecule has 2 aromatic rings. The van der Waals surface area contributed by atoms with Gasteiger partial charge in [0.25, 0.3) is 0 Å². The highest BCUT2D eigenvalue weighted by atomic mass is 16.6. The SMILES string of the molecule is CC(C)(C)OC(=O)N1CCC(Cc2nc(-c3ccccc3)no2)CC1. The lowest BCUT2D eigenvalue weighted by molar-refractivity contribution is 0.0182. The van der Waals surface area contributed by atoms with Crippen LogP contribution in [0.15, 0.2) is 34.9 Å². The third-order valence-corrected chi connectivity index (χ3v) is 4.23. The Balaban J connectivity index is 1.51. The van der Waals surface area contributed by atoms with Crippen LogP contribution in [0.1, 0.15) is 39.5 Å². The first-order chi connectivity index (χ1) is 11.9. The van der Waals surface area contributed by atoms with Crippen molar-refractivity contribution in [2.24, 2.45) is 5.92 Å². The molecule has 1 aromatic carbocycles. The lowest BCUT2D eigenvalue weighted by atomic mass is 9.94. The molecule has 1 fully saturated rings. The Morgan fingerprint density at radius 3 is 2.56 bits per heavy atom. The summed E-state index contributed by atoms with van der Waals surface area (Å²) in [6, 6.07) is 9.81. The predicted molar refractivity (Wildman–Crippen MR) is 94.0 cm³/mol. The highest BCUT2D eigenvalue weighted by Crippen LogP contribution is 2.24. The number of likely N-dealkylation sites (tertiary alicyclic amines) is 1. The van der Waals surface area contributed by atoms with Crippen LogP contribution in [0.4, 0.5) is 4.79 Å². The molecular formula is C19H25N3O3. The Labute approximate surface area is 148 Å². The molecule has 3 rings (SSSR count). The molecule has 6 heteroatoms. The minimum Gasteiger partial charge on any atom is -0.444 e. The fourth-order valence-electron chi connectivity index (χ4n) is 2.94. The molecule has 134 valence electrons. The molecule has 25 heavy (non-hydrogen) atoms. The minimum atomic E-state index is -0.453. The lowest BCUT2D eigenvalue weighted by Crippen LogP contribution is -2.42. The van der Waals surface area contributed by atoms with Gasteiger partial charge in [0.05, 0.1) is 0 Å². The standard InChI is InChI=1S/C19H25N3O3/c1-19(2,3)24-18(23)22-11-9-14(10-12-22)13-16-20-17(21-25-16)15-7-5-4-6-8-15/h4-8,14H,9-13H2,1-3H3. The van der Waals surface area contributed by atoms with Gasteiger partial charge in [-0.2, -0.15) is 4.98 Å². The summed E-state index contributed by atoms with van der Waals surface area (Å²) in [5.41, 5.74) is 0.503. The fourth-order valence-corrected chi connectivity index (χ4v) is 2.94. The molecule has 0 spiro atoms. The van der Waals surface area contributed by atoms with Gasteiger partial charge < -0.3 is 14.2 Å². The van der Waals surface area contributed by atoms with E-state index in [1.54, 1.807) is 4.90 Å². The van der Waals surface area contributed by atoms with Gasteiger partial charge in [-0.05, 0) is 39.5 Å². The van der Waals surface area contributed by atoms with Crippen LogP contribution < -0.4 is 0 Å². The Bertz CT molecular complexity index is 698. The molecule has 0 radical (unpaired) electrons. The number of benzene rings is 1. The Morgan fingerprint density at radius 2 is 1.92 bits per heavy atom. The van der Waals surface area contributed by atoms with E-state index < -0.39 is 5.60 Å². The third-order valence-electron chi connectivity index (χ3n) is 4.23. The molecule has 6 nitrogen and oxygen atoms in total. The highest BCUT2D eigenvalue weighted by Gasteiger charge is 2.27. The first-order valence-electron chi connectivity index (χ1n) is 8.76. The monoisotopic (exact) mass is 343 g/mol. The summed E-state index contributed by atoms with van der Waals surface area (Å²) >= 11 is 0. The van der Waals surface area contributed by atoms with E-state index in [2.05, 4.69) is 10.1 Å². The van der Waals surface area contributed by atoms with E-state index in [9.17, 15) is 4.79 Å². The van der Waals surface area contributed by atoms with Crippen LogP contribution in [0.5, 0.6) is 0 Å². The Kier molecular flexibility index (Phi) is 5.06. The zero-order chi connectivity index (χ0) is 17.9. The number of carbonyl (C=O) groups excluding carboxylic acids is 1.